The summed E-state index contributed by atoms with van der Waals surface area (Å²) >= 11 is 0. The predicted octanol–water partition coefficient (Wildman–Crippen LogP) is 4.09. The molecule has 0 fully saturated rings. The van der Waals surface area contributed by atoms with Crippen LogP contribution in [0.4, 0.5) is 0 Å². The van der Waals surface area contributed by atoms with Crippen molar-refractivity contribution >= 4 is 11.8 Å². The number of carbonyl (C=O) groups is 2. The second-order valence-corrected chi connectivity index (χ2v) is 9.93. The zero-order valence-corrected chi connectivity index (χ0v) is 25.6. The lowest BCUT2D eigenvalue weighted by molar-refractivity contribution is -0.679. The van der Waals surface area contributed by atoms with E-state index in [-0.39, 0.29) is 42.3 Å². The van der Waals surface area contributed by atoms with Crippen LogP contribution in [0.25, 0.3) is 0 Å². The molecule has 6 heteroatoms. The number of halogens is 1. The molecule has 0 aliphatic heterocycles. The number of ether oxygens (including phenoxy) is 1. The van der Waals surface area contributed by atoms with Gasteiger partial charge in [-0.25, -0.2) is 4.57 Å². The molecule has 206 valence electrons. The molecule has 0 N–H and O–H groups in total. The Hall–Kier alpha value is -1.96. The van der Waals surface area contributed by atoms with Gasteiger partial charge in [0.1, 0.15) is 19.3 Å². The first-order valence-electron chi connectivity index (χ1n) is 13.9. The van der Waals surface area contributed by atoms with E-state index in [0.717, 1.165) is 23.4 Å². The van der Waals surface area contributed by atoms with E-state index in [0.29, 0.717) is 12.2 Å². The molecular formula is C31H47IN2O3. The molecule has 0 radical (unpaired) electrons. The number of carbonyl (C=O) groups excluding carboxylic acids is 2. The highest BCUT2D eigenvalue weighted by Crippen LogP contribution is 2.20. The highest BCUT2D eigenvalue weighted by atomic mass is 127. The van der Waals surface area contributed by atoms with Gasteiger partial charge in [0.2, 0.25) is 11.6 Å². The van der Waals surface area contributed by atoms with Gasteiger partial charge in [0.05, 0.1) is 6.61 Å². The first-order valence-corrected chi connectivity index (χ1v) is 13.9. The fourth-order valence-electron chi connectivity index (χ4n) is 4.46. The van der Waals surface area contributed by atoms with Crippen molar-refractivity contribution in [2.45, 2.75) is 104 Å². The maximum absolute atomic E-state index is 13.2. The van der Waals surface area contributed by atoms with Crippen LogP contribution < -0.4 is 33.3 Å². The lowest BCUT2D eigenvalue weighted by Crippen LogP contribution is -3.00. The van der Waals surface area contributed by atoms with Crippen LogP contribution in [0.15, 0.2) is 42.6 Å². The molecule has 0 atom stereocenters. The van der Waals surface area contributed by atoms with Gasteiger partial charge in [0.25, 0.3) is 5.91 Å². The maximum Gasteiger partial charge on any atom is 0.261 e. The minimum atomic E-state index is -0.281. The van der Waals surface area contributed by atoms with Gasteiger partial charge in [-0.05, 0) is 37.1 Å². The minimum Gasteiger partial charge on any atom is -1.00 e. The smallest absolute Gasteiger partial charge is 0.261 e. The molecule has 2 aromatic rings. The molecule has 1 heterocycles. The van der Waals surface area contributed by atoms with Crippen molar-refractivity contribution in [3.05, 3.63) is 59.4 Å². The van der Waals surface area contributed by atoms with Crippen molar-refractivity contribution in [1.29, 1.82) is 0 Å². The molecule has 0 bridgehead atoms. The van der Waals surface area contributed by atoms with Crippen molar-refractivity contribution in [1.82, 2.24) is 4.90 Å². The first-order chi connectivity index (χ1) is 17.4. The normalized spacial score (nSPS) is 10.6. The molecule has 1 aromatic carbocycles. The molecule has 2 amide bonds. The Balaban J connectivity index is 0.00000684. The molecule has 5 nitrogen and oxygen atoms in total. The quantitative estimate of drug-likeness (QED) is 0.152. The topological polar surface area (TPSA) is 50.5 Å². The van der Waals surface area contributed by atoms with Gasteiger partial charge in [-0.1, -0.05) is 83.6 Å². The van der Waals surface area contributed by atoms with Gasteiger partial charge < -0.3 is 28.7 Å². The van der Waals surface area contributed by atoms with Crippen molar-refractivity contribution in [2.75, 3.05) is 6.61 Å². The van der Waals surface area contributed by atoms with Gasteiger partial charge in [0, 0.05) is 24.6 Å². The zero-order valence-electron chi connectivity index (χ0n) is 23.4. The number of rotatable bonds is 17. The van der Waals surface area contributed by atoms with Crippen LogP contribution in [0.2, 0.25) is 0 Å². The summed E-state index contributed by atoms with van der Waals surface area (Å²) in [5, 5.41) is 0. The van der Waals surface area contributed by atoms with Crippen LogP contribution in [0, 0.1) is 6.92 Å². The summed E-state index contributed by atoms with van der Waals surface area (Å²) in [6.45, 7) is 6.52. The molecule has 0 aliphatic rings. The van der Waals surface area contributed by atoms with Gasteiger partial charge >= 0.3 is 0 Å². The van der Waals surface area contributed by atoms with Crippen LogP contribution >= 0.6 is 0 Å². The van der Waals surface area contributed by atoms with Crippen LogP contribution in [0.3, 0.4) is 0 Å². The zero-order chi connectivity index (χ0) is 26.2. The van der Waals surface area contributed by atoms with Crippen LogP contribution in [0.5, 0.6) is 5.75 Å². The van der Waals surface area contributed by atoms with Gasteiger partial charge in [-0.3, -0.25) is 14.5 Å². The number of benzene rings is 1. The van der Waals surface area contributed by atoms with E-state index in [9.17, 15) is 9.59 Å². The van der Waals surface area contributed by atoms with Crippen molar-refractivity contribution in [3.63, 3.8) is 0 Å². The standard InChI is InChI=1S/C31H47N2O3.HI/c1-5-6-7-8-9-10-11-12-13-14-15-18-23-36-29-20-21-30(26(2)24-29)31(35)33(27(3)34)25-28-19-16-17-22-32(28)4;/h16-17,19-22,24H,5-15,18,23,25H2,1-4H3;1H/q+1;/p-1. The number of hydrogen-bond acceptors (Lipinski definition) is 3. The Morgan fingerprint density at radius 1 is 0.865 bits per heavy atom. The highest BCUT2D eigenvalue weighted by Gasteiger charge is 2.24. The number of aryl methyl sites for hydroxylation is 2. The first kappa shape index (κ1) is 33.1. The maximum atomic E-state index is 13.2. The van der Waals surface area contributed by atoms with Crippen molar-refractivity contribution in [3.8, 4) is 5.75 Å². The summed E-state index contributed by atoms with van der Waals surface area (Å²) in [6.07, 6.45) is 17.8. The molecular weight excluding hydrogens is 575 g/mol. The summed E-state index contributed by atoms with van der Waals surface area (Å²) in [4.78, 5) is 26.7. The van der Waals surface area contributed by atoms with E-state index < -0.39 is 0 Å². The minimum absolute atomic E-state index is 0. The van der Waals surface area contributed by atoms with Crippen LogP contribution in [-0.2, 0) is 18.4 Å². The van der Waals surface area contributed by atoms with Crippen molar-refractivity contribution < 1.29 is 42.9 Å². The Morgan fingerprint density at radius 3 is 2.00 bits per heavy atom. The third-order valence-electron chi connectivity index (χ3n) is 6.80. The lowest BCUT2D eigenvalue weighted by Gasteiger charge is -2.19. The van der Waals surface area contributed by atoms with Gasteiger partial charge in [-0.2, -0.15) is 0 Å². The summed E-state index contributed by atoms with van der Waals surface area (Å²) in [5.41, 5.74) is 2.23. The summed E-state index contributed by atoms with van der Waals surface area (Å²) in [6, 6.07) is 11.3. The Bertz CT molecular complexity index is 948. The van der Waals surface area contributed by atoms with E-state index in [1.165, 1.54) is 82.5 Å². The van der Waals surface area contributed by atoms with Crippen LogP contribution in [-0.4, -0.2) is 23.3 Å². The third kappa shape index (κ3) is 12.4. The summed E-state index contributed by atoms with van der Waals surface area (Å²) in [7, 11) is 1.91. The van der Waals surface area contributed by atoms with Crippen LogP contribution in [0.1, 0.15) is 113 Å². The molecule has 0 saturated heterocycles. The number of nitrogens with zero attached hydrogens (tertiary/aromatic N) is 2. The average molecular weight is 623 g/mol. The SMILES string of the molecule is CCCCCCCCCCCCCCOc1ccc(C(=O)N(Cc2cccc[n+]2C)C(C)=O)c(C)c1.[I-]. The molecule has 37 heavy (non-hydrogen) atoms. The van der Waals surface area contributed by atoms with E-state index >= 15 is 0 Å². The van der Waals surface area contributed by atoms with E-state index in [4.69, 9.17) is 4.74 Å². The number of pyridine rings is 1. The van der Waals surface area contributed by atoms with E-state index in [2.05, 4.69) is 6.92 Å². The number of unbranched alkanes of at least 4 members (excludes halogenated alkanes) is 11. The van der Waals surface area contributed by atoms with Gasteiger partial charge in [-0.15, -0.1) is 0 Å². The van der Waals surface area contributed by atoms with Crippen molar-refractivity contribution in [2.24, 2.45) is 7.05 Å². The second-order valence-electron chi connectivity index (χ2n) is 9.93. The lowest BCUT2D eigenvalue weighted by atomic mass is 10.1. The molecule has 2 rings (SSSR count). The summed E-state index contributed by atoms with van der Waals surface area (Å²) in [5.74, 6) is 0.225. The molecule has 0 saturated carbocycles. The Morgan fingerprint density at radius 2 is 1.46 bits per heavy atom. The number of amides is 2. The fraction of sp³-hybridized carbons (Fsp3) is 0.581. The largest absolute Gasteiger partial charge is 1.00 e. The number of imide groups is 1. The Kier molecular flexibility index (Phi) is 17.1. The average Bonchev–Trinajstić information content (AvgIpc) is 2.86. The molecule has 0 spiro atoms. The van der Waals surface area contributed by atoms with E-state index in [1.54, 1.807) is 6.07 Å². The second kappa shape index (κ2) is 19.2. The monoisotopic (exact) mass is 622 g/mol. The highest BCUT2D eigenvalue weighted by molar-refractivity contribution is 6.04. The predicted molar refractivity (Wildman–Crippen MR) is 146 cm³/mol. The van der Waals surface area contributed by atoms with E-state index in [1.807, 2.05) is 55.1 Å². The third-order valence-corrected chi connectivity index (χ3v) is 6.80. The van der Waals surface area contributed by atoms with Gasteiger partial charge in [0.15, 0.2) is 6.20 Å². The number of aromatic nitrogens is 1. The molecule has 0 aliphatic carbocycles. The molecule has 1 aromatic heterocycles. The number of hydrogen-bond donors (Lipinski definition) is 0. The summed E-state index contributed by atoms with van der Waals surface area (Å²) < 4.78 is 7.86. The molecule has 0 unspecified atom stereocenters. The fourth-order valence-corrected chi connectivity index (χ4v) is 4.46. The Labute approximate surface area is 242 Å².